The van der Waals surface area contributed by atoms with Gasteiger partial charge in [0.05, 0.1) is 4.90 Å². The van der Waals surface area contributed by atoms with Gasteiger partial charge in [0, 0.05) is 24.7 Å². The fraction of sp³-hybridized carbons (Fsp3) is 0.286. The van der Waals surface area contributed by atoms with Crippen LogP contribution < -0.4 is 0 Å². The number of rotatable bonds is 5. The van der Waals surface area contributed by atoms with E-state index in [2.05, 4.69) is 0 Å². The van der Waals surface area contributed by atoms with E-state index < -0.39 is 10.0 Å². The molecule has 0 heterocycles. The Kier molecular flexibility index (Phi) is 4.50. The fourth-order valence-corrected chi connectivity index (χ4v) is 3.88. The van der Waals surface area contributed by atoms with Crippen LogP contribution >= 0.6 is 11.8 Å². The lowest BCUT2D eigenvalue weighted by Gasteiger charge is -2.17. The van der Waals surface area contributed by atoms with Crippen LogP contribution in [-0.2, 0) is 10.0 Å². The molecule has 0 aromatic heterocycles. The van der Waals surface area contributed by atoms with Gasteiger partial charge in [-0.15, -0.1) is 0 Å². The molecule has 0 fully saturated rings. The molecule has 0 N–H and O–H groups in total. The predicted octanol–water partition coefficient (Wildman–Crippen LogP) is 2.82. The van der Waals surface area contributed by atoms with Gasteiger partial charge >= 0.3 is 0 Å². The maximum atomic E-state index is 12.6. The van der Waals surface area contributed by atoms with Gasteiger partial charge in [0.25, 0.3) is 0 Å². The highest BCUT2D eigenvalue weighted by molar-refractivity contribution is 7.98. The van der Waals surface area contributed by atoms with Crippen LogP contribution in [0.15, 0.2) is 47.4 Å². The third-order valence-corrected chi connectivity index (χ3v) is 5.55. The van der Waals surface area contributed by atoms with Crippen LogP contribution in [0.25, 0.3) is 10.8 Å². The van der Waals surface area contributed by atoms with Gasteiger partial charge in [0.15, 0.2) is 0 Å². The average Bonchev–Trinajstić information content (AvgIpc) is 2.43. The summed E-state index contributed by atoms with van der Waals surface area (Å²) in [5.74, 6) is 0.792. The Morgan fingerprint density at radius 2 is 1.79 bits per heavy atom. The lowest BCUT2D eigenvalue weighted by atomic mass is 10.1. The number of sulfonamides is 1. The van der Waals surface area contributed by atoms with Crippen molar-refractivity contribution in [3.63, 3.8) is 0 Å². The van der Waals surface area contributed by atoms with Crippen LogP contribution in [0.2, 0.25) is 0 Å². The van der Waals surface area contributed by atoms with E-state index in [0.717, 1.165) is 16.5 Å². The Bertz CT molecular complexity index is 663. The van der Waals surface area contributed by atoms with E-state index in [-0.39, 0.29) is 0 Å². The maximum Gasteiger partial charge on any atom is 0.243 e. The highest BCUT2D eigenvalue weighted by atomic mass is 32.2. The van der Waals surface area contributed by atoms with E-state index in [1.54, 1.807) is 30.9 Å². The minimum absolute atomic E-state index is 0.384. The van der Waals surface area contributed by atoms with E-state index in [4.69, 9.17) is 0 Å². The monoisotopic (exact) mass is 295 g/mol. The summed E-state index contributed by atoms with van der Waals surface area (Å²) in [6.07, 6.45) is 1.97. The number of hydrogen-bond donors (Lipinski definition) is 0. The van der Waals surface area contributed by atoms with Crippen LogP contribution in [0.4, 0.5) is 0 Å². The lowest BCUT2D eigenvalue weighted by molar-refractivity contribution is 0.489. The Morgan fingerprint density at radius 1 is 1.11 bits per heavy atom. The second-order valence-electron chi connectivity index (χ2n) is 4.30. The molecular formula is C14H17NO2S2. The van der Waals surface area contributed by atoms with Crippen molar-refractivity contribution in [2.24, 2.45) is 0 Å². The molecule has 0 aliphatic rings. The fourth-order valence-electron chi connectivity index (χ4n) is 1.93. The van der Waals surface area contributed by atoms with Gasteiger partial charge in [0.1, 0.15) is 0 Å². The molecule has 0 aliphatic carbocycles. The summed E-state index contributed by atoms with van der Waals surface area (Å²) in [6, 6.07) is 12.9. The normalized spacial score (nSPS) is 12.2. The molecule has 0 saturated heterocycles. The van der Waals surface area contributed by atoms with E-state index >= 15 is 0 Å². The predicted molar refractivity (Wildman–Crippen MR) is 82.1 cm³/mol. The summed E-state index contributed by atoms with van der Waals surface area (Å²) in [5.41, 5.74) is 0. The summed E-state index contributed by atoms with van der Waals surface area (Å²) in [6.45, 7) is 0.521. The zero-order chi connectivity index (χ0) is 13.9. The van der Waals surface area contributed by atoms with Crippen molar-refractivity contribution >= 4 is 32.6 Å². The molecule has 2 aromatic carbocycles. The van der Waals surface area contributed by atoms with E-state index in [1.807, 2.05) is 36.6 Å². The van der Waals surface area contributed by atoms with Crippen molar-refractivity contribution in [1.82, 2.24) is 4.31 Å². The molecule has 19 heavy (non-hydrogen) atoms. The first-order chi connectivity index (χ1) is 9.07. The molecule has 0 saturated carbocycles. The summed E-state index contributed by atoms with van der Waals surface area (Å²) >= 11 is 1.64. The van der Waals surface area contributed by atoms with E-state index in [9.17, 15) is 8.42 Å². The lowest BCUT2D eigenvalue weighted by Crippen LogP contribution is -2.29. The first-order valence-corrected chi connectivity index (χ1v) is 8.84. The topological polar surface area (TPSA) is 37.4 Å². The van der Waals surface area contributed by atoms with Crippen LogP contribution in [0.5, 0.6) is 0 Å². The molecule has 2 rings (SSSR count). The molecule has 5 heteroatoms. The first-order valence-electron chi connectivity index (χ1n) is 6.00. The standard InChI is InChI=1S/C14H17NO2S2/c1-15(10-11-18-2)19(16,17)14-9-5-7-12-6-3-4-8-13(12)14/h3-9H,10-11H2,1-2H3. The van der Waals surface area contributed by atoms with Crippen molar-refractivity contribution in [2.75, 3.05) is 25.6 Å². The molecule has 0 unspecified atom stereocenters. The number of benzene rings is 2. The highest BCUT2D eigenvalue weighted by Gasteiger charge is 2.22. The van der Waals surface area contributed by atoms with E-state index in [1.165, 1.54) is 4.31 Å². The molecule has 0 aliphatic heterocycles. The van der Waals surface area contributed by atoms with Gasteiger partial charge in [-0.05, 0) is 17.7 Å². The molecule has 2 aromatic rings. The summed E-state index contributed by atoms with van der Waals surface area (Å²) < 4.78 is 26.6. The number of fused-ring (bicyclic) bond motifs is 1. The minimum Gasteiger partial charge on any atom is -0.207 e. The summed E-state index contributed by atoms with van der Waals surface area (Å²) in [7, 11) is -1.79. The third-order valence-electron chi connectivity index (χ3n) is 3.05. The first kappa shape index (κ1) is 14.4. The van der Waals surface area contributed by atoms with Crippen molar-refractivity contribution in [3.05, 3.63) is 42.5 Å². The molecular weight excluding hydrogens is 278 g/mol. The van der Waals surface area contributed by atoms with Crippen LogP contribution in [0.3, 0.4) is 0 Å². The zero-order valence-electron chi connectivity index (χ0n) is 11.0. The number of nitrogens with zero attached hydrogens (tertiary/aromatic N) is 1. The second-order valence-corrected chi connectivity index (χ2v) is 7.30. The molecule has 3 nitrogen and oxygen atoms in total. The summed E-state index contributed by atoms with van der Waals surface area (Å²) in [4.78, 5) is 0.384. The average molecular weight is 295 g/mol. The highest BCUT2D eigenvalue weighted by Crippen LogP contribution is 2.25. The quantitative estimate of drug-likeness (QED) is 0.851. The largest absolute Gasteiger partial charge is 0.243 e. The van der Waals surface area contributed by atoms with Crippen LogP contribution in [0.1, 0.15) is 0 Å². The van der Waals surface area contributed by atoms with E-state index in [0.29, 0.717) is 11.4 Å². The Labute approximate surface area is 118 Å². The van der Waals surface area contributed by atoms with Crippen LogP contribution in [0, 0.1) is 0 Å². The van der Waals surface area contributed by atoms with Gasteiger partial charge < -0.3 is 0 Å². The molecule has 0 bridgehead atoms. The SMILES string of the molecule is CSCCN(C)S(=O)(=O)c1cccc2ccccc12. The molecule has 0 radical (unpaired) electrons. The summed E-state index contributed by atoms with van der Waals surface area (Å²) in [5, 5.41) is 1.72. The van der Waals surface area contributed by atoms with Crippen molar-refractivity contribution in [2.45, 2.75) is 4.90 Å². The second kappa shape index (κ2) is 5.94. The smallest absolute Gasteiger partial charge is 0.207 e. The Hall–Kier alpha value is -1.04. The van der Waals surface area contributed by atoms with Crippen LogP contribution in [-0.4, -0.2) is 38.3 Å². The molecule has 0 spiro atoms. The van der Waals surface area contributed by atoms with Gasteiger partial charge in [-0.25, -0.2) is 12.7 Å². The Balaban J connectivity index is 2.49. The van der Waals surface area contributed by atoms with Gasteiger partial charge in [-0.2, -0.15) is 11.8 Å². The minimum atomic E-state index is -3.42. The number of thioether (sulfide) groups is 1. The molecule has 102 valence electrons. The number of hydrogen-bond acceptors (Lipinski definition) is 3. The maximum absolute atomic E-state index is 12.6. The molecule has 0 amide bonds. The van der Waals surface area contributed by atoms with Crippen molar-refractivity contribution < 1.29 is 8.42 Å². The van der Waals surface area contributed by atoms with Gasteiger partial charge in [-0.3, -0.25) is 0 Å². The van der Waals surface area contributed by atoms with Gasteiger partial charge in [-0.1, -0.05) is 36.4 Å². The van der Waals surface area contributed by atoms with Crippen molar-refractivity contribution in [1.29, 1.82) is 0 Å². The van der Waals surface area contributed by atoms with Gasteiger partial charge in [0.2, 0.25) is 10.0 Å². The van der Waals surface area contributed by atoms with Crippen molar-refractivity contribution in [3.8, 4) is 0 Å². The zero-order valence-corrected chi connectivity index (χ0v) is 12.7. The Morgan fingerprint density at radius 3 is 2.53 bits per heavy atom. The third kappa shape index (κ3) is 2.94. The molecule has 0 atom stereocenters.